The van der Waals surface area contributed by atoms with Crippen molar-refractivity contribution in [3.63, 3.8) is 0 Å². The zero-order valence-corrected chi connectivity index (χ0v) is 14.6. The minimum Gasteiger partial charge on any atom is -0.350 e. The molecule has 26 heavy (non-hydrogen) atoms. The van der Waals surface area contributed by atoms with Crippen LogP contribution in [0, 0.1) is 5.82 Å². The molecule has 3 heterocycles. The van der Waals surface area contributed by atoms with Gasteiger partial charge in [0.15, 0.2) is 5.82 Å². The van der Waals surface area contributed by atoms with Crippen LogP contribution in [0.25, 0.3) is 0 Å². The molecular formula is C17H20F2N6O. The molecule has 2 aromatic heterocycles. The molecule has 1 fully saturated rings. The van der Waals surface area contributed by atoms with E-state index in [0.29, 0.717) is 11.8 Å². The van der Waals surface area contributed by atoms with E-state index in [4.69, 9.17) is 0 Å². The SMILES string of the molecule is CN(C)c1nccc(N2C[C@@H](F)C[C@H]2CNC(=O)c2ccncc2F)n1. The van der Waals surface area contributed by atoms with Crippen LogP contribution in [0.2, 0.25) is 0 Å². The third-order valence-corrected chi connectivity index (χ3v) is 4.20. The van der Waals surface area contributed by atoms with Crippen molar-refractivity contribution >= 4 is 17.7 Å². The first kappa shape index (κ1) is 18.0. The molecule has 0 spiro atoms. The summed E-state index contributed by atoms with van der Waals surface area (Å²) in [5.41, 5.74) is -0.0849. The Kier molecular flexibility index (Phi) is 5.24. The van der Waals surface area contributed by atoms with Crippen molar-refractivity contribution in [2.24, 2.45) is 0 Å². The molecule has 0 bridgehead atoms. The summed E-state index contributed by atoms with van der Waals surface area (Å²) in [6, 6.07) is 2.74. The third-order valence-electron chi connectivity index (χ3n) is 4.20. The Labute approximate surface area is 150 Å². The number of pyridine rings is 1. The van der Waals surface area contributed by atoms with Crippen LogP contribution in [-0.4, -0.2) is 60.3 Å². The Hall–Kier alpha value is -2.84. The molecule has 2 aromatic rings. The molecule has 1 saturated heterocycles. The number of hydrogen-bond acceptors (Lipinski definition) is 6. The Morgan fingerprint density at radius 3 is 2.92 bits per heavy atom. The number of carbonyl (C=O) groups is 1. The van der Waals surface area contributed by atoms with Crippen LogP contribution in [-0.2, 0) is 0 Å². The monoisotopic (exact) mass is 362 g/mol. The van der Waals surface area contributed by atoms with Gasteiger partial charge in [-0.2, -0.15) is 4.98 Å². The van der Waals surface area contributed by atoms with Crippen LogP contribution in [0.15, 0.2) is 30.7 Å². The van der Waals surface area contributed by atoms with Crippen molar-refractivity contribution in [2.75, 3.05) is 37.0 Å². The summed E-state index contributed by atoms with van der Waals surface area (Å²) >= 11 is 0. The Morgan fingerprint density at radius 2 is 2.19 bits per heavy atom. The summed E-state index contributed by atoms with van der Waals surface area (Å²) in [7, 11) is 3.64. The number of aromatic nitrogens is 3. The van der Waals surface area contributed by atoms with E-state index in [9.17, 15) is 13.6 Å². The van der Waals surface area contributed by atoms with Gasteiger partial charge in [-0.05, 0) is 12.1 Å². The van der Waals surface area contributed by atoms with Crippen molar-refractivity contribution in [3.05, 3.63) is 42.1 Å². The van der Waals surface area contributed by atoms with Crippen molar-refractivity contribution < 1.29 is 13.6 Å². The normalized spacial score (nSPS) is 19.5. The maximum atomic E-state index is 14.0. The van der Waals surface area contributed by atoms with E-state index < -0.39 is 17.9 Å². The van der Waals surface area contributed by atoms with Gasteiger partial charge in [0.25, 0.3) is 5.91 Å². The number of nitrogens with one attached hydrogen (secondary N) is 1. The molecule has 0 saturated carbocycles. The van der Waals surface area contributed by atoms with Gasteiger partial charge in [0, 0.05) is 39.5 Å². The predicted molar refractivity (Wildman–Crippen MR) is 93.5 cm³/mol. The van der Waals surface area contributed by atoms with Crippen LogP contribution in [0.1, 0.15) is 16.8 Å². The van der Waals surface area contributed by atoms with Gasteiger partial charge in [-0.3, -0.25) is 9.78 Å². The Morgan fingerprint density at radius 1 is 1.38 bits per heavy atom. The maximum absolute atomic E-state index is 14.0. The quantitative estimate of drug-likeness (QED) is 0.867. The lowest BCUT2D eigenvalue weighted by Gasteiger charge is -2.26. The molecular weight excluding hydrogens is 342 g/mol. The molecule has 0 radical (unpaired) electrons. The summed E-state index contributed by atoms with van der Waals surface area (Å²) < 4.78 is 27.7. The van der Waals surface area contributed by atoms with Crippen molar-refractivity contribution in [2.45, 2.75) is 18.6 Å². The van der Waals surface area contributed by atoms with Gasteiger partial charge in [-0.1, -0.05) is 0 Å². The topological polar surface area (TPSA) is 74.2 Å². The molecule has 0 unspecified atom stereocenters. The van der Waals surface area contributed by atoms with Crippen LogP contribution < -0.4 is 15.1 Å². The standard InChI is InChI=1S/C17H20F2N6O/c1-24(2)17-21-6-4-15(23-17)25-10-11(18)7-12(25)8-22-16(26)13-3-5-20-9-14(13)19/h3-6,9,11-12H,7-8,10H2,1-2H3,(H,22,26)/t11-,12-/m0/s1. The molecule has 1 aliphatic heterocycles. The first-order valence-corrected chi connectivity index (χ1v) is 8.24. The van der Waals surface area contributed by atoms with Crippen molar-refractivity contribution in [3.8, 4) is 0 Å². The van der Waals surface area contributed by atoms with E-state index >= 15 is 0 Å². The van der Waals surface area contributed by atoms with Gasteiger partial charge in [0.1, 0.15) is 12.0 Å². The van der Waals surface area contributed by atoms with E-state index in [-0.39, 0.29) is 31.1 Å². The second-order valence-corrected chi connectivity index (χ2v) is 6.31. The first-order valence-electron chi connectivity index (χ1n) is 8.24. The number of carbonyl (C=O) groups excluding carboxylic acids is 1. The van der Waals surface area contributed by atoms with Gasteiger partial charge in [0.2, 0.25) is 5.95 Å². The van der Waals surface area contributed by atoms with E-state index in [2.05, 4.69) is 20.3 Å². The third kappa shape index (κ3) is 3.87. The zero-order valence-electron chi connectivity index (χ0n) is 14.6. The van der Waals surface area contributed by atoms with Gasteiger partial charge in [0.05, 0.1) is 24.3 Å². The molecule has 138 valence electrons. The Bertz CT molecular complexity index is 787. The second kappa shape index (κ2) is 7.59. The molecule has 1 amide bonds. The number of hydrogen-bond donors (Lipinski definition) is 1. The molecule has 1 aliphatic rings. The van der Waals surface area contributed by atoms with Crippen LogP contribution in [0.5, 0.6) is 0 Å². The average molecular weight is 362 g/mol. The maximum Gasteiger partial charge on any atom is 0.254 e. The van der Waals surface area contributed by atoms with Gasteiger partial charge < -0.3 is 15.1 Å². The fourth-order valence-corrected chi connectivity index (χ4v) is 2.91. The number of amides is 1. The number of halogens is 2. The fraction of sp³-hybridized carbons (Fsp3) is 0.412. The molecule has 7 nitrogen and oxygen atoms in total. The lowest BCUT2D eigenvalue weighted by Crippen LogP contribution is -2.41. The Balaban J connectivity index is 1.71. The van der Waals surface area contributed by atoms with E-state index in [0.717, 1.165) is 6.20 Å². The van der Waals surface area contributed by atoms with Crippen LogP contribution >= 0.6 is 0 Å². The van der Waals surface area contributed by atoms with E-state index in [1.165, 1.54) is 12.3 Å². The smallest absolute Gasteiger partial charge is 0.254 e. The summed E-state index contributed by atoms with van der Waals surface area (Å²) in [6.07, 6.45) is 3.19. The molecule has 0 aliphatic carbocycles. The highest BCUT2D eigenvalue weighted by atomic mass is 19.1. The summed E-state index contributed by atoms with van der Waals surface area (Å²) in [5.74, 6) is -0.128. The van der Waals surface area contributed by atoms with Crippen molar-refractivity contribution in [1.82, 2.24) is 20.3 Å². The van der Waals surface area contributed by atoms with Crippen LogP contribution in [0.4, 0.5) is 20.5 Å². The zero-order chi connectivity index (χ0) is 18.7. The number of alkyl halides is 1. The molecule has 2 atom stereocenters. The fourth-order valence-electron chi connectivity index (χ4n) is 2.91. The molecule has 1 N–H and O–H groups in total. The lowest BCUT2D eigenvalue weighted by molar-refractivity contribution is 0.0946. The largest absolute Gasteiger partial charge is 0.350 e. The van der Waals surface area contributed by atoms with E-state index in [1.54, 1.807) is 17.2 Å². The summed E-state index contributed by atoms with van der Waals surface area (Å²) in [4.78, 5) is 27.9. The number of rotatable bonds is 5. The second-order valence-electron chi connectivity index (χ2n) is 6.31. The van der Waals surface area contributed by atoms with Gasteiger partial charge in [-0.25, -0.2) is 13.8 Å². The minimum atomic E-state index is -1.02. The highest BCUT2D eigenvalue weighted by Gasteiger charge is 2.33. The van der Waals surface area contributed by atoms with Gasteiger partial charge in [-0.15, -0.1) is 0 Å². The lowest BCUT2D eigenvalue weighted by atomic mass is 10.2. The number of anilines is 2. The molecule has 9 heteroatoms. The number of nitrogens with zero attached hydrogens (tertiary/aromatic N) is 5. The van der Waals surface area contributed by atoms with Gasteiger partial charge >= 0.3 is 0 Å². The first-order chi connectivity index (χ1) is 12.5. The summed E-state index contributed by atoms with van der Waals surface area (Å²) in [6.45, 7) is 0.371. The highest BCUT2D eigenvalue weighted by molar-refractivity contribution is 5.94. The highest BCUT2D eigenvalue weighted by Crippen LogP contribution is 2.26. The summed E-state index contributed by atoms with van der Waals surface area (Å²) in [5, 5.41) is 2.67. The molecule has 0 aromatic carbocycles. The van der Waals surface area contributed by atoms with Crippen LogP contribution in [0.3, 0.4) is 0 Å². The minimum absolute atomic E-state index is 0.0849. The van der Waals surface area contributed by atoms with Crippen molar-refractivity contribution in [1.29, 1.82) is 0 Å². The predicted octanol–water partition coefficient (Wildman–Crippen LogP) is 1.42. The van der Waals surface area contributed by atoms with E-state index in [1.807, 2.05) is 19.0 Å². The molecule has 3 rings (SSSR count). The average Bonchev–Trinajstić information content (AvgIpc) is 3.01.